The SMILES string of the molecule is CCn1c(SCC(=O)O)nnc1-c1ccc(Br)s1. The molecule has 96 valence electrons. The van der Waals surface area contributed by atoms with Gasteiger partial charge in [0.15, 0.2) is 11.0 Å². The van der Waals surface area contributed by atoms with E-state index in [0.29, 0.717) is 11.7 Å². The molecule has 0 aliphatic carbocycles. The van der Waals surface area contributed by atoms with Crippen LogP contribution in [0.25, 0.3) is 10.7 Å². The van der Waals surface area contributed by atoms with Crippen molar-refractivity contribution in [1.29, 1.82) is 0 Å². The number of carboxylic acid groups (broad SMARTS) is 1. The number of nitrogens with zero attached hydrogens (tertiary/aromatic N) is 3. The van der Waals surface area contributed by atoms with Crippen LogP contribution in [-0.4, -0.2) is 31.6 Å². The van der Waals surface area contributed by atoms with E-state index in [1.165, 1.54) is 11.8 Å². The third-order valence-corrected chi connectivity index (χ3v) is 4.72. The van der Waals surface area contributed by atoms with Crippen molar-refractivity contribution in [3.8, 4) is 10.7 Å². The lowest BCUT2D eigenvalue weighted by atomic mass is 10.4. The lowest BCUT2D eigenvalue weighted by Crippen LogP contribution is -2.02. The monoisotopic (exact) mass is 347 g/mol. The van der Waals surface area contributed by atoms with E-state index in [2.05, 4.69) is 26.1 Å². The molecule has 0 aromatic carbocycles. The van der Waals surface area contributed by atoms with Crippen molar-refractivity contribution in [1.82, 2.24) is 14.8 Å². The number of hydrogen-bond acceptors (Lipinski definition) is 5. The quantitative estimate of drug-likeness (QED) is 0.842. The van der Waals surface area contributed by atoms with Crippen LogP contribution in [-0.2, 0) is 11.3 Å². The molecule has 2 heterocycles. The van der Waals surface area contributed by atoms with Crippen molar-refractivity contribution < 1.29 is 9.90 Å². The molecule has 0 atom stereocenters. The van der Waals surface area contributed by atoms with Gasteiger partial charge in [-0.15, -0.1) is 21.5 Å². The van der Waals surface area contributed by atoms with Crippen LogP contribution >= 0.6 is 39.0 Å². The average Bonchev–Trinajstić information content (AvgIpc) is 2.91. The topological polar surface area (TPSA) is 68.0 Å². The first-order valence-corrected chi connectivity index (χ1v) is 7.74. The first-order chi connectivity index (χ1) is 8.61. The van der Waals surface area contributed by atoms with E-state index in [0.717, 1.165) is 14.5 Å². The van der Waals surface area contributed by atoms with Crippen LogP contribution in [0.1, 0.15) is 6.92 Å². The van der Waals surface area contributed by atoms with Gasteiger partial charge in [0.1, 0.15) is 0 Å². The van der Waals surface area contributed by atoms with E-state index in [1.807, 2.05) is 23.6 Å². The number of aliphatic carboxylic acids is 1. The molecule has 0 amide bonds. The van der Waals surface area contributed by atoms with E-state index >= 15 is 0 Å². The largest absolute Gasteiger partial charge is 0.481 e. The molecule has 8 heteroatoms. The summed E-state index contributed by atoms with van der Waals surface area (Å²) in [7, 11) is 0. The maximum atomic E-state index is 10.6. The van der Waals surface area contributed by atoms with E-state index in [-0.39, 0.29) is 5.75 Å². The van der Waals surface area contributed by atoms with Gasteiger partial charge in [-0.25, -0.2) is 0 Å². The minimum atomic E-state index is -0.855. The second kappa shape index (κ2) is 5.85. The third kappa shape index (κ3) is 2.93. The summed E-state index contributed by atoms with van der Waals surface area (Å²) in [5.74, 6) is -0.0844. The van der Waals surface area contributed by atoms with Crippen molar-refractivity contribution in [2.75, 3.05) is 5.75 Å². The number of aromatic nitrogens is 3. The van der Waals surface area contributed by atoms with Crippen molar-refractivity contribution in [3.05, 3.63) is 15.9 Å². The zero-order chi connectivity index (χ0) is 13.1. The molecule has 2 rings (SSSR count). The fraction of sp³-hybridized carbons (Fsp3) is 0.300. The minimum absolute atomic E-state index is 0.00767. The van der Waals surface area contributed by atoms with Crippen molar-refractivity contribution in [2.24, 2.45) is 0 Å². The molecule has 0 radical (unpaired) electrons. The summed E-state index contributed by atoms with van der Waals surface area (Å²) in [6.07, 6.45) is 0. The lowest BCUT2D eigenvalue weighted by Gasteiger charge is -2.04. The van der Waals surface area contributed by atoms with Gasteiger partial charge < -0.3 is 9.67 Å². The van der Waals surface area contributed by atoms with Crippen LogP contribution in [0.3, 0.4) is 0 Å². The summed E-state index contributed by atoms with van der Waals surface area (Å²) < 4.78 is 2.95. The molecule has 0 saturated heterocycles. The number of carbonyl (C=O) groups is 1. The van der Waals surface area contributed by atoms with Crippen LogP contribution in [0.4, 0.5) is 0 Å². The minimum Gasteiger partial charge on any atom is -0.481 e. The predicted octanol–water partition coefficient (Wildman–Crippen LogP) is 2.97. The molecule has 2 aromatic heterocycles. The van der Waals surface area contributed by atoms with Crippen LogP contribution in [0.2, 0.25) is 0 Å². The summed E-state index contributed by atoms with van der Waals surface area (Å²) in [6, 6.07) is 3.93. The van der Waals surface area contributed by atoms with E-state index in [4.69, 9.17) is 5.11 Å². The Morgan fingerprint density at radius 2 is 2.33 bits per heavy atom. The fourth-order valence-corrected chi connectivity index (χ4v) is 3.53. The maximum Gasteiger partial charge on any atom is 0.313 e. The lowest BCUT2D eigenvalue weighted by molar-refractivity contribution is -0.133. The molecule has 1 N–H and O–H groups in total. The Morgan fingerprint density at radius 3 is 2.89 bits per heavy atom. The van der Waals surface area contributed by atoms with Crippen LogP contribution in [0.5, 0.6) is 0 Å². The normalized spacial score (nSPS) is 10.8. The molecule has 0 bridgehead atoms. The number of thiophene rings is 1. The van der Waals surface area contributed by atoms with Gasteiger partial charge in [-0.05, 0) is 35.0 Å². The van der Waals surface area contributed by atoms with Crippen molar-refractivity contribution in [2.45, 2.75) is 18.6 Å². The molecule has 0 fully saturated rings. The van der Waals surface area contributed by atoms with Gasteiger partial charge in [0.2, 0.25) is 0 Å². The van der Waals surface area contributed by atoms with E-state index in [1.54, 1.807) is 11.3 Å². The van der Waals surface area contributed by atoms with E-state index < -0.39 is 5.97 Å². The number of thioether (sulfide) groups is 1. The first-order valence-electron chi connectivity index (χ1n) is 5.15. The number of halogens is 1. The number of hydrogen-bond donors (Lipinski definition) is 1. The van der Waals surface area contributed by atoms with Gasteiger partial charge in [0.05, 0.1) is 14.4 Å². The summed E-state index contributed by atoms with van der Waals surface area (Å²) >= 11 is 6.17. The smallest absolute Gasteiger partial charge is 0.313 e. The van der Waals surface area contributed by atoms with Gasteiger partial charge in [-0.3, -0.25) is 4.79 Å². The standard InChI is InChI=1S/C10H10BrN3O2S2/c1-2-14-9(6-3-4-7(11)18-6)12-13-10(14)17-5-8(15)16/h3-4H,2,5H2,1H3,(H,15,16). The second-order valence-corrected chi connectivity index (χ2v) is 6.74. The van der Waals surface area contributed by atoms with Crippen molar-refractivity contribution >= 4 is 45.0 Å². The fourth-order valence-electron chi connectivity index (χ4n) is 1.42. The summed E-state index contributed by atoms with van der Waals surface area (Å²) in [5, 5.41) is 17.5. The molecule has 5 nitrogen and oxygen atoms in total. The predicted molar refractivity (Wildman–Crippen MR) is 75.1 cm³/mol. The van der Waals surface area contributed by atoms with Crippen LogP contribution < -0.4 is 0 Å². The van der Waals surface area contributed by atoms with Gasteiger partial charge in [0, 0.05) is 6.54 Å². The summed E-state index contributed by atoms with van der Waals surface area (Å²) in [4.78, 5) is 11.6. The zero-order valence-corrected chi connectivity index (χ0v) is 12.7. The highest BCUT2D eigenvalue weighted by Crippen LogP contribution is 2.31. The Labute approximate surface area is 120 Å². The molecule has 0 unspecified atom stereocenters. The zero-order valence-electron chi connectivity index (χ0n) is 9.46. The molecule has 0 aliphatic rings. The Hall–Kier alpha value is -0.860. The Kier molecular flexibility index (Phi) is 4.41. The highest BCUT2D eigenvalue weighted by molar-refractivity contribution is 9.11. The molecular weight excluding hydrogens is 338 g/mol. The van der Waals surface area contributed by atoms with E-state index in [9.17, 15) is 4.79 Å². The Bertz CT molecular complexity index is 567. The highest BCUT2D eigenvalue weighted by atomic mass is 79.9. The molecule has 18 heavy (non-hydrogen) atoms. The molecular formula is C10H10BrN3O2S2. The maximum absolute atomic E-state index is 10.6. The van der Waals surface area contributed by atoms with Crippen molar-refractivity contribution in [3.63, 3.8) is 0 Å². The Balaban J connectivity index is 2.29. The van der Waals surface area contributed by atoms with Gasteiger partial charge in [-0.1, -0.05) is 11.8 Å². The molecule has 2 aromatic rings. The van der Waals surface area contributed by atoms with Crippen LogP contribution in [0, 0.1) is 0 Å². The van der Waals surface area contributed by atoms with Gasteiger partial charge in [-0.2, -0.15) is 0 Å². The molecule has 0 aliphatic heterocycles. The highest BCUT2D eigenvalue weighted by Gasteiger charge is 2.15. The average molecular weight is 348 g/mol. The number of rotatable bonds is 5. The number of carboxylic acids is 1. The van der Waals surface area contributed by atoms with Gasteiger partial charge >= 0.3 is 5.97 Å². The summed E-state index contributed by atoms with van der Waals surface area (Å²) in [6.45, 7) is 2.69. The molecule has 0 spiro atoms. The third-order valence-electron chi connectivity index (χ3n) is 2.15. The van der Waals surface area contributed by atoms with Gasteiger partial charge in [0.25, 0.3) is 0 Å². The first kappa shape index (κ1) is 13.6. The molecule has 0 saturated carbocycles. The van der Waals surface area contributed by atoms with Crippen LogP contribution in [0.15, 0.2) is 21.1 Å². The summed E-state index contributed by atoms with van der Waals surface area (Å²) in [5.41, 5.74) is 0. The Morgan fingerprint density at radius 1 is 1.56 bits per heavy atom. The second-order valence-electron chi connectivity index (χ2n) is 3.34.